The quantitative estimate of drug-likeness (QED) is 0.363. The van der Waals surface area contributed by atoms with Crippen molar-refractivity contribution in [3.8, 4) is 0 Å². The molecule has 0 spiro atoms. The van der Waals surface area contributed by atoms with Crippen LogP contribution < -0.4 is 4.90 Å². The Bertz CT molecular complexity index is 748. The summed E-state index contributed by atoms with van der Waals surface area (Å²) in [6, 6.07) is 5.65. The zero-order valence-electron chi connectivity index (χ0n) is 12.2. The maximum absolute atomic E-state index is 12.9. The van der Waals surface area contributed by atoms with Gasteiger partial charge in [-0.3, -0.25) is 24.6 Å². The summed E-state index contributed by atoms with van der Waals surface area (Å²) < 4.78 is 0. The Labute approximate surface area is 131 Å². The van der Waals surface area contributed by atoms with Crippen LogP contribution in [0.3, 0.4) is 0 Å². The van der Waals surface area contributed by atoms with Gasteiger partial charge in [0.1, 0.15) is 0 Å². The van der Waals surface area contributed by atoms with Gasteiger partial charge in [-0.25, -0.2) is 0 Å². The van der Waals surface area contributed by atoms with Gasteiger partial charge in [-0.1, -0.05) is 12.2 Å². The molecule has 6 heteroatoms. The first-order valence-corrected chi connectivity index (χ1v) is 7.88. The van der Waals surface area contributed by atoms with E-state index in [1.54, 1.807) is 0 Å². The van der Waals surface area contributed by atoms with Crippen molar-refractivity contribution in [2.24, 2.45) is 35.5 Å². The van der Waals surface area contributed by atoms with E-state index >= 15 is 0 Å². The number of nitro groups is 1. The second-order valence-electron chi connectivity index (χ2n) is 6.94. The van der Waals surface area contributed by atoms with Crippen molar-refractivity contribution in [1.29, 1.82) is 0 Å². The van der Waals surface area contributed by atoms with E-state index in [1.165, 1.54) is 29.2 Å². The molecule has 2 bridgehead atoms. The van der Waals surface area contributed by atoms with Crippen LogP contribution in [0.4, 0.5) is 11.4 Å². The fraction of sp³-hybridized carbons (Fsp3) is 0.412. The number of hydrogen-bond donors (Lipinski definition) is 0. The molecule has 4 aliphatic carbocycles. The number of nitro benzene ring substituents is 1. The summed E-state index contributed by atoms with van der Waals surface area (Å²) in [5.74, 6) is 0.758. The molecule has 0 N–H and O–H groups in total. The molecule has 2 amide bonds. The van der Waals surface area contributed by atoms with Gasteiger partial charge in [0.25, 0.3) is 5.69 Å². The van der Waals surface area contributed by atoms with E-state index in [-0.39, 0.29) is 41.2 Å². The third-order valence-electron chi connectivity index (χ3n) is 5.98. The van der Waals surface area contributed by atoms with Crippen molar-refractivity contribution >= 4 is 23.2 Å². The van der Waals surface area contributed by atoms with Gasteiger partial charge in [-0.05, 0) is 42.2 Å². The van der Waals surface area contributed by atoms with Gasteiger partial charge in [0.2, 0.25) is 11.8 Å². The van der Waals surface area contributed by atoms with Gasteiger partial charge >= 0.3 is 0 Å². The average molecular weight is 310 g/mol. The molecular formula is C17H14N2O4. The Morgan fingerprint density at radius 2 is 1.48 bits per heavy atom. The van der Waals surface area contributed by atoms with E-state index in [0.717, 1.165) is 6.42 Å². The number of carbonyl (C=O) groups excluding carboxylic acids is 2. The standard InChI is InChI=1S/C17H14N2O4/c20-16-14-10-5-6-11(13-7-12(10)13)15(14)17(21)18(16)8-1-3-9(4-2-8)19(22)23/h1-6,10-15H,7H2/t10-,11-,12-,13+,14-,15+/m0/s1. The van der Waals surface area contributed by atoms with Gasteiger partial charge in [-0.15, -0.1) is 0 Å². The Balaban J connectivity index is 1.53. The first-order chi connectivity index (χ1) is 11.1. The minimum Gasteiger partial charge on any atom is -0.274 e. The molecule has 6 nitrogen and oxygen atoms in total. The summed E-state index contributed by atoms with van der Waals surface area (Å²) in [5, 5.41) is 10.8. The lowest BCUT2D eigenvalue weighted by Gasteiger charge is -2.37. The first-order valence-electron chi connectivity index (χ1n) is 7.88. The molecule has 0 aromatic heterocycles. The van der Waals surface area contributed by atoms with E-state index in [9.17, 15) is 19.7 Å². The lowest BCUT2D eigenvalue weighted by atomic mass is 9.63. The summed E-state index contributed by atoms with van der Waals surface area (Å²) in [6.07, 6.45) is 5.39. The van der Waals surface area contributed by atoms with Crippen LogP contribution in [0.2, 0.25) is 0 Å². The molecule has 6 atom stereocenters. The highest BCUT2D eigenvalue weighted by Crippen LogP contribution is 2.65. The van der Waals surface area contributed by atoms with Crippen LogP contribution in [0, 0.1) is 45.6 Å². The van der Waals surface area contributed by atoms with Gasteiger partial charge in [-0.2, -0.15) is 0 Å². The molecule has 0 radical (unpaired) electrons. The second-order valence-corrected chi connectivity index (χ2v) is 6.94. The van der Waals surface area contributed by atoms with E-state index in [1.807, 2.05) is 0 Å². The van der Waals surface area contributed by atoms with Crippen molar-refractivity contribution < 1.29 is 14.5 Å². The zero-order valence-corrected chi connectivity index (χ0v) is 12.2. The highest BCUT2D eigenvalue weighted by Gasteiger charge is 2.67. The van der Waals surface area contributed by atoms with E-state index in [2.05, 4.69) is 12.2 Å². The number of allylic oxidation sites excluding steroid dienone is 2. The lowest BCUT2D eigenvalue weighted by molar-refractivity contribution is -0.384. The van der Waals surface area contributed by atoms with Crippen molar-refractivity contribution in [2.75, 3.05) is 4.90 Å². The summed E-state index contributed by atoms with van der Waals surface area (Å²) in [4.78, 5) is 37.2. The number of benzene rings is 1. The van der Waals surface area contributed by atoms with Crippen LogP contribution in [0.15, 0.2) is 36.4 Å². The fourth-order valence-corrected chi connectivity index (χ4v) is 4.93. The highest BCUT2D eigenvalue weighted by molar-refractivity contribution is 6.22. The maximum atomic E-state index is 12.9. The van der Waals surface area contributed by atoms with Crippen molar-refractivity contribution in [3.63, 3.8) is 0 Å². The van der Waals surface area contributed by atoms with Gasteiger partial charge < -0.3 is 0 Å². The molecule has 116 valence electrons. The number of carbonyl (C=O) groups is 2. The molecule has 23 heavy (non-hydrogen) atoms. The Morgan fingerprint density at radius 1 is 0.957 bits per heavy atom. The van der Waals surface area contributed by atoms with Crippen LogP contribution in [0.5, 0.6) is 0 Å². The van der Waals surface area contributed by atoms with Crippen molar-refractivity contribution in [3.05, 3.63) is 46.5 Å². The van der Waals surface area contributed by atoms with Gasteiger partial charge in [0, 0.05) is 12.1 Å². The summed E-state index contributed by atoms with van der Waals surface area (Å²) in [5.41, 5.74) is 0.390. The van der Waals surface area contributed by atoms with Crippen molar-refractivity contribution in [2.45, 2.75) is 6.42 Å². The monoisotopic (exact) mass is 310 g/mol. The molecule has 1 aliphatic heterocycles. The molecule has 1 aromatic rings. The minimum absolute atomic E-state index is 0.0479. The van der Waals surface area contributed by atoms with Crippen molar-refractivity contribution in [1.82, 2.24) is 0 Å². The number of amides is 2. The Kier molecular flexibility index (Phi) is 2.30. The molecule has 3 fully saturated rings. The summed E-state index contributed by atoms with van der Waals surface area (Å²) in [7, 11) is 0. The molecule has 6 rings (SSSR count). The first kappa shape index (κ1) is 13.0. The topological polar surface area (TPSA) is 80.5 Å². The average Bonchev–Trinajstić information content (AvgIpc) is 3.32. The Morgan fingerprint density at radius 3 is 1.96 bits per heavy atom. The largest absolute Gasteiger partial charge is 0.274 e. The summed E-state index contributed by atoms with van der Waals surface area (Å²) >= 11 is 0. The second kappa shape index (κ2) is 4.07. The number of rotatable bonds is 2. The molecule has 0 unspecified atom stereocenters. The molecule has 2 saturated carbocycles. The van der Waals surface area contributed by atoms with Gasteiger partial charge in [0.15, 0.2) is 0 Å². The van der Waals surface area contributed by atoms with Gasteiger partial charge in [0.05, 0.1) is 22.4 Å². The zero-order chi connectivity index (χ0) is 15.9. The van der Waals surface area contributed by atoms with Crippen LogP contribution in [-0.2, 0) is 9.59 Å². The molecule has 1 aromatic carbocycles. The molecule has 1 heterocycles. The third-order valence-corrected chi connectivity index (χ3v) is 5.98. The van der Waals surface area contributed by atoms with Crippen LogP contribution >= 0.6 is 0 Å². The molecular weight excluding hydrogens is 296 g/mol. The SMILES string of the molecule is O=C1[C@@H]2[C@H]3C=C[C@@H]([C@@H]4C[C@H]34)[C@@H]2C(=O)N1c1ccc([N+](=O)[O-])cc1. The summed E-state index contributed by atoms with van der Waals surface area (Å²) in [6.45, 7) is 0. The lowest BCUT2D eigenvalue weighted by Crippen LogP contribution is -2.40. The number of hydrogen-bond acceptors (Lipinski definition) is 4. The highest BCUT2D eigenvalue weighted by atomic mass is 16.6. The molecule has 1 saturated heterocycles. The minimum atomic E-state index is -0.491. The number of imide groups is 1. The van der Waals surface area contributed by atoms with Crippen LogP contribution in [-0.4, -0.2) is 16.7 Å². The maximum Gasteiger partial charge on any atom is 0.269 e. The molecule has 5 aliphatic rings. The van der Waals surface area contributed by atoms with Crippen LogP contribution in [0.1, 0.15) is 6.42 Å². The van der Waals surface area contributed by atoms with E-state index in [4.69, 9.17) is 0 Å². The predicted molar refractivity (Wildman–Crippen MR) is 80.3 cm³/mol. The van der Waals surface area contributed by atoms with E-state index < -0.39 is 4.92 Å². The Hall–Kier alpha value is -2.50. The smallest absolute Gasteiger partial charge is 0.269 e. The van der Waals surface area contributed by atoms with E-state index in [0.29, 0.717) is 17.5 Å². The fourth-order valence-electron chi connectivity index (χ4n) is 4.93. The van der Waals surface area contributed by atoms with Crippen LogP contribution in [0.25, 0.3) is 0 Å². The number of nitrogens with zero attached hydrogens (tertiary/aromatic N) is 2. The number of non-ortho nitro benzene ring substituents is 1. The third kappa shape index (κ3) is 1.53. The number of anilines is 1. The normalized spacial score (nSPS) is 39.4. The predicted octanol–water partition coefficient (Wildman–Crippen LogP) is 2.15.